The van der Waals surface area contributed by atoms with Crippen molar-refractivity contribution in [1.29, 1.82) is 0 Å². The molecule has 3 rings (SSSR count). The molecule has 0 aromatic heterocycles. The number of nitrogens with one attached hydrogen (secondary N) is 1. The lowest BCUT2D eigenvalue weighted by molar-refractivity contribution is -0.119. The predicted molar refractivity (Wildman–Crippen MR) is 138 cm³/mol. The molecule has 1 N–H and O–H groups in total. The van der Waals surface area contributed by atoms with Crippen LogP contribution >= 0.6 is 0 Å². The molecule has 1 amide bonds. The van der Waals surface area contributed by atoms with Crippen molar-refractivity contribution in [1.82, 2.24) is 5.32 Å². The van der Waals surface area contributed by atoms with Gasteiger partial charge < -0.3 is 14.8 Å². The summed E-state index contributed by atoms with van der Waals surface area (Å²) >= 11 is 0. The van der Waals surface area contributed by atoms with Crippen molar-refractivity contribution >= 4 is 21.6 Å². The number of ether oxygens (including phenoxy) is 2. The van der Waals surface area contributed by atoms with Crippen molar-refractivity contribution in [2.75, 3.05) is 31.1 Å². The number of rotatable bonds is 12. The van der Waals surface area contributed by atoms with Gasteiger partial charge in [0.25, 0.3) is 10.0 Å². The number of sulfonamides is 1. The molecule has 0 unspecified atom stereocenters. The number of hydrogen-bond donors (Lipinski definition) is 1. The van der Waals surface area contributed by atoms with Gasteiger partial charge in [-0.1, -0.05) is 29.8 Å². The molecule has 0 saturated carbocycles. The highest BCUT2D eigenvalue weighted by Gasteiger charge is 2.27. The third-order valence-electron chi connectivity index (χ3n) is 5.46. The van der Waals surface area contributed by atoms with Crippen molar-refractivity contribution in [2.24, 2.45) is 0 Å². The Balaban J connectivity index is 1.69. The predicted octanol–water partition coefficient (Wildman–Crippen LogP) is 4.35. The normalized spacial score (nSPS) is 11.1. The van der Waals surface area contributed by atoms with Gasteiger partial charge in [-0.25, -0.2) is 8.42 Å². The molecule has 7 nitrogen and oxygen atoms in total. The Bertz CT molecular complexity index is 1190. The molecule has 0 radical (unpaired) electrons. The highest BCUT2D eigenvalue weighted by atomic mass is 32.2. The van der Waals surface area contributed by atoms with E-state index < -0.39 is 10.0 Å². The van der Waals surface area contributed by atoms with Crippen LogP contribution in [0.5, 0.6) is 11.5 Å². The average Bonchev–Trinajstić information content (AvgIpc) is 2.86. The zero-order valence-corrected chi connectivity index (χ0v) is 21.2. The SMILES string of the molecule is CCOc1ccc(N(CC(=O)NCCCc2ccc(OC)cc2)S(=O)(=O)c2ccc(C)cc2)cc1. The molecule has 0 saturated heterocycles. The topological polar surface area (TPSA) is 84.9 Å². The van der Waals surface area contributed by atoms with E-state index in [4.69, 9.17) is 9.47 Å². The average molecular weight is 497 g/mol. The maximum atomic E-state index is 13.5. The van der Waals surface area contributed by atoms with Gasteiger partial charge in [0.1, 0.15) is 18.0 Å². The first kappa shape index (κ1) is 26.1. The standard InChI is InChI=1S/C27H32N2O5S/c1-4-34-25-15-11-23(12-16-25)29(35(31,32)26-17-7-21(2)8-18-26)20-27(30)28-19-5-6-22-9-13-24(33-3)14-10-22/h7-18H,4-6,19-20H2,1-3H3,(H,28,30). The molecule has 0 aliphatic heterocycles. The molecule has 186 valence electrons. The molecule has 0 atom stereocenters. The summed E-state index contributed by atoms with van der Waals surface area (Å²) in [5.74, 6) is 1.06. The zero-order valence-electron chi connectivity index (χ0n) is 20.4. The third-order valence-corrected chi connectivity index (χ3v) is 7.24. The van der Waals surface area contributed by atoms with Gasteiger partial charge in [-0.3, -0.25) is 9.10 Å². The fraction of sp³-hybridized carbons (Fsp3) is 0.296. The van der Waals surface area contributed by atoms with Crippen molar-refractivity contribution in [3.8, 4) is 11.5 Å². The monoisotopic (exact) mass is 496 g/mol. The molecule has 0 fully saturated rings. The molecule has 0 bridgehead atoms. The van der Waals surface area contributed by atoms with Crippen LogP contribution in [0.2, 0.25) is 0 Å². The summed E-state index contributed by atoms with van der Waals surface area (Å²) in [6.45, 7) is 4.38. The Kier molecular flexibility index (Phi) is 9.14. The quantitative estimate of drug-likeness (QED) is 0.377. The van der Waals surface area contributed by atoms with Crippen molar-refractivity contribution in [3.63, 3.8) is 0 Å². The van der Waals surface area contributed by atoms with Gasteiger partial charge in [-0.05, 0) is 80.8 Å². The lowest BCUT2D eigenvalue weighted by atomic mass is 10.1. The summed E-state index contributed by atoms with van der Waals surface area (Å²) in [7, 11) is -2.33. The number of carbonyl (C=O) groups is 1. The van der Waals surface area contributed by atoms with E-state index >= 15 is 0 Å². The van der Waals surface area contributed by atoms with E-state index in [1.807, 2.05) is 38.1 Å². The minimum atomic E-state index is -3.95. The lowest BCUT2D eigenvalue weighted by Gasteiger charge is -2.24. The van der Waals surface area contributed by atoms with Gasteiger partial charge in [-0.2, -0.15) is 0 Å². The number of amides is 1. The van der Waals surface area contributed by atoms with Gasteiger partial charge in [0.05, 0.1) is 24.3 Å². The zero-order chi connectivity index (χ0) is 25.3. The summed E-state index contributed by atoms with van der Waals surface area (Å²) < 4.78 is 38.7. The van der Waals surface area contributed by atoms with E-state index in [1.54, 1.807) is 55.6 Å². The van der Waals surface area contributed by atoms with Crippen LogP contribution in [0.3, 0.4) is 0 Å². The first-order valence-electron chi connectivity index (χ1n) is 11.6. The molecule has 8 heteroatoms. The van der Waals surface area contributed by atoms with Crippen LogP contribution in [0.25, 0.3) is 0 Å². The van der Waals surface area contributed by atoms with Gasteiger partial charge in [-0.15, -0.1) is 0 Å². The van der Waals surface area contributed by atoms with Crippen molar-refractivity contribution in [3.05, 3.63) is 83.9 Å². The molecule has 3 aromatic rings. The highest BCUT2D eigenvalue weighted by molar-refractivity contribution is 7.92. The first-order valence-corrected chi connectivity index (χ1v) is 13.0. The van der Waals surface area contributed by atoms with Crippen LogP contribution in [0.4, 0.5) is 5.69 Å². The Morgan fingerprint density at radius 3 is 2.14 bits per heavy atom. The minimum Gasteiger partial charge on any atom is -0.497 e. The van der Waals surface area contributed by atoms with E-state index in [0.717, 1.165) is 34.0 Å². The van der Waals surface area contributed by atoms with Gasteiger partial charge in [0, 0.05) is 6.54 Å². The van der Waals surface area contributed by atoms with Crippen LogP contribution in [-0.4, -0.2) is 41.1 Å². The smallest absolute Gasteiger partial charge is 0.264 e. The van der Waals surface area contributed by atoms with Crippen LogP contribution in [-0.2, 0) is 21.2 Å². The summed E-state index contributed by atoms with van der Waals surface area (Å²) in [5.41, 5.74) is 2.48. The molecular formula is C27H32N2O5S. The maximum absolute atomic E-state index is 13.5. The molecule has 0 heterocycles. The van der Waals surface area contributed by atoms with E-state index in [1.165, 1.54) is 0 Å². The van der Waals surface area contributed by atoms with Crippen molar-refractivity contribution in [2.45, 2.75) is 31.6 Å². The summed E-state index contributed by atoms with van der Waals surface area (Å²) in [6.07, 6.45) is 1.51. The Labute approximate surface area is 207 Å². The molecular weight excluding hydrogens is 464 g/mol. The Morgan fingerprint density at radius 1 is 0.914 bits per heavy atom. The molecule has 35 heavy (non-hydrogen) atoms. The lowest BCUT2D eigenvalue weighted by Crippen LogP contribution is -2.41. The fourth-order valence-corrected chi connectivity index (χ4v) is 4.95. The second kappa shape index (κ2) is 12.3. The van der Waals surface area contributed by atoms with Gasteiger partial charge in [0.2, 0.25) is 5.91 Å². The number of anilines is 1. The maximum Gasteiger partial charge on any atom is 0.264 e. The molecule has 0 aliphatic rings. The molecule has 3 aromatic carbocycles. The van der Waals surface area contributed by atoms with E-state index in [9.17, 15) is 13.2 Å². The first-order chi connectivity index (χ1) is 16.8. The number of hydrogen-bond acceptors (Lipinski definition) is 5. The van der Waals surface area contributed by atoms with Crippen LogP contribution in [0, 0.1) is 6.92 Å². The second-order valence-electron chi connectivity index (χ2n) is 8.05. The van der Waals surface area contributed by atoms with Gasteiger partial charge >= 0.3 is 0 Å². The van der Waals surface area contributed by atoms with Gasteiger partial charge in [0.15, 0.2) is 0 Å². The summed E-state index contributed by atoms with van der Waals surface area (Å²) in [4.78, 5) is 12.9. The fourth-order valence-electron chi connectivity index (χ4n) is 3.53. The van der Waals surface area contributed by atoms with E-state index in [0.29, 0.717) is 24.6 Å². The number of aryl methyl sites for hydroxylation is 2. The summed E-state index contributed by atoms with van der Waals surface area (Å²) in [6, 6.07) is 21.1. The molecule has 0 aliphatic carbocycles. The van der Waals surface area contributed by atoms with Crippen LogP contribution in [0.1, 0.15) is 24.5 Å². The van der Waals surface area contributed by atoms with Crippen LogP contribution in [0.15, 0.2) is 77.7 Å². The largest absolute Gasteiger partial charge is 0.497 e. The highest BCUT2D eigenvalue weighted by Crippen LogP contribution is 2.26. The number of carbonyl (C=O) groups excluding carboxylic acids is 1. The van der Waals surface area contributed by atoms with Crippen LogP contribution < -0.4 is 19.1 Å². The number of benzene rings is 3. The van der Waals surface area contributed by atoms with Crippen molar-refractivity contribution < 1.29 is 22.7 Å². The van der Waals surface area contributed by atoms with E-state index in [-0.39, 0.29) is 17.3 Å². The summed E-state index contributed by atoms with van der Waals surface area (Å²) in [5, 5.41) is 2.85. The minimum absolute atomic E-state index is 0.129. The third kappa shape index (κ3) is 7.23. The number of methoxy groups -OCH3 is 1. The Hall–Kier alpha value is -3.52. The Morgan fingerprint density at radius 2 is 1.54 bits per heavy atom. The van der Waals surface area contributed by atoms with E-state index in [2.05, 4.69) is 5.32 Å². The molecule has 0 spiro atoms. The second-order valence-corrected chi connectivity index (χ2v) is 9.92. The number of nitrogens with zero attached hydrogens (tertiary/aromatic N) is 1.